The van der Waals surface area contributed by atoms with Crippen LogP contribution in [0.4, 0.5) is 5.82 Å². The monoisotopic (exact) mass is 243 g/mol. The molecule has 96 valence electrons. The van der Waals surface area contributed by atoms with Gasteiger partial charge in [-0.2, -0.15) is 0 Å². The molecule has 0 amide bonds. The summed E-state index contributed by atoms with van der Waals surface area (Å²) < 4.78 is 0. The van der Waals surface area contributed by atoms with Crippen LogP contribution in [-0.4, -0.2) is 23.3 Å². The van der Waals surface area contributed by atoms with E-state index in [1.807, 2.05) is 12.1 Å². The van der Waals surface area contributed by atoms with Crippen molar-refractivity contribution in [3.05, 3.63) is 17.8 Å². The molecule has 2 rings (SSSR count). The highest BCUT2D eigenvalue weighted by molar-refractivity contribution is 5.40. The van der Waals surface area contributed by atoms with Crippen molar-refractivity contribution in [1.82, 2.24) is 10.2 Å². The third-order valence-electron chi connectivity index (χ3n) is 4.00. The summed E-state index contributed by atoms with van der Waals surface area (Å²) in [5, 5.41) is 8.26. The van der Waals surface area contributed by atoms with Gasteiger partial charge in [-0.05, 0) is 42.2 Å². The Balaban J connectivity index is 2.11. The molecule has 2 heterocycles. The molecular formula is C15H21N3. The number of piperidine rings is 1. The van der Waals surface area contributed by atoms with E-state index < -0.39 is 0 Å². The SMILES string of the molecule is C#Cc1ccc(N2CC[C@@H](C)[C@@H](C(C)C)C2)nn1. The number of terminal acetylenes is 1. The van der Waals surface area contributed by atoms with Crippen molar-refractivity contribution in [2.45, 2.75) is 27.2 Å². The number of anilines is 1. The first-order valence-electron chi connectivity index (χ1n) is 6.67. The van der Waals surface area contributed by atoms with Gasteiger partial charge in [0.2, 0.25) is 0 Å². The Morgan fingerprint density at radius 2 is 2.17 bits per heavy atom. The zero-order chi connectivity index (χ0) is 13.1. The minimum atomic E-state index is 0.601. The molecule has 1 fully saturated rings. The minimum absolute atomic E-state index is 0.601. The molecule has 1 saturated heterocycles. The summed E-state index contributed by atoms with van der Waals surface area (Å²) in [6.45, 7) is 9.10. The predicted octanol–water partition coefficient (Wildman–Crippen LogP) is 2.58. The number of hydrogen-bond donors (Lipinski definition) is 0. The van der Waals surface area contributed by atoms with Crippen molar-refractivity contribution < 1.29 is 0 Å². The van der Waals surface area contributed by atoms with E-state index in [9.17, 15) is 0 Å². The summed E-state index contributed by atoms with van der Waals surface area (Å²) in [7, 11) is 0. The van der Waals surface area contributed by atoms with Gasteiger partial charge < -0.3 is 4.90 Å². The van der Waals surface area contributed by atoms with Gasteiger partial charge in [-0.1, -0.05) is 20.8 Å². The van der Waals surface area contributed by atoms with Crippen molar-refractivity contribution in [1.29, 1.82) is 0 Å². The molecule has 0 aromatic carbocycles. The van der Waals surface area contributed by atoms with Gasteiger partial charge >= 0.3 is 0 Å². The third-order valence-corrected chi connectivity index (χ3v) is 4.00. The van der Waals surface area contributed by atoms with Gasteiger partial charge in [-0.3, -0.25) is 0 Å². The lowest BCUT2D eigenvalue weighted by atomic mass is 9.79. The fraction of sp³-hybridized carbons (Fsp3) is 0.600. The zero-order valence-corrected chi connectivity index (χ0v) is 11.4. The van der Waals surface area contributed by atoms with Gasteiger partial charge in [0.15, 0.2) is 5.82 Å². The van der Waals surface area contributed by atoms with Gasteiger partial charge in [0.05, 0.1) is 0 Å². The largest absolute Gasteiger partial charge is 0.355 e. The van der Waals surface area contributed by atoms with Crippen LogP contribution in [0.25, 0.3) is 0 Å². The number of aromatic nitrogens is 2. The highest BCUT2D eigenvalue weighted by Crippen LogP contribution is 2.30. The second-order valence-electron chi connectivity index (χ2n) is 5.54. The first-order valence-corrected chi connectivity index (χ1v) is 6.67. The molecule has 0 radical (unpaired) electrons. The van der Waals surface area contributed by atoms with Crippen LogP contribution < -0.4 is 4.90 Å². The van der Waals surface area contributed by atoms with Crippen molar-refractivity contribution in [3.63, 3.8) is 0 Å². The van der Waals surface area contributed by atoms with E-state index in [1.54, 1.807) is 0 Å². The maximum atomic E-state index is 5.29. The second-order valence-corrected chi connectivity index (χ2v) is 5.54. The molecule has 0 spiro atoms. The number of rotatable bonds is 2. The average Bonchev–Trinajstić information content (AvgIpc) is 2.39. The van der Waals surface area contributed by atoms with Gasteiger partial charge in [-0.15, -0.1) is 16.6 Å². The van der Waals surface area contributed by atoms with Crippen LogP contribution in [0.15, 0.2) is 12.1 Å². The van der Waals surface area contributed by atoms with E-state index in [4.69, 9.17) is 6.42 Å². The molecule has 3 nitrogen and oxygen atoms in total. The first kappa shape index (κ1) is 12.9. The maximum Gasteiger partial charge on any atom is 0.151 e. The maximum absolute atomic E-state index is 5.29. The quantitative estimate of drug-likeness (QED) is 0.748. The van der Waals surface area contributed by atoms with Crippen LogP contribution in [0, 0.1) is 30.1 Å². The number of hydrogen-bond acceptors (Lipinski definition) is 3. The van der Waals surface area contributed by atoms with E-state index in [0.29, 0.717) is 11.6 Å². The summed E-state index contributed by atoms with van der Waals surface area (Å²) in [6, 6.07) is 3.85. The Kier molecular flexibility index (Phi) is 3.86. The highest BCUT2D eigenvalue weighted by Gasteiger charge is 2.28. The molecule has 0 N–H and O–H groups in total. The van der Waals surface area contributed by atoms with Crippen molar-refractivity contribution in [3.8, 4) is 12.3 Å². The van der Waals surface area contributed by atoms with E-state index >= 15 is 0 Å². The van der Waals surface area contributed by atoms with Crippen molar-refractivity contribution >= 4 is 5.82 Å². The van der Waals surface area contributed by atoms with E-state index in [1.165, 1.54) is 6.42 Å². The molecule has 0 bridgehead atoms. The van der Waals surface area contributed by atoms with Crippen LogP contribution in [0.3, 0.4) is 0 Å². The lowest BCUT2D eigenvalue weighted by Gasteiger charge is -2.39. The Bertz CT molecular complexity index is 430. The first-order chi connectivity index (χ1) is 8.61. The third kappa shape index (κ3) is 2.64. The van der Waals surface area contributed by atoms with Gasteiger partial charge in [0, 0.05) is 13.1 Å². The summed E-state index contributed by atoms with van der Waals surface area (Å²) >= 11 is 0. The summed E-state index contributed by atoms with van der Waals surface area (Å²) in [6.07, 6.45) is 6.52. The van der Waals surface area contributed by atoms with Crippen LogP contribution in [0.2, 0.25) is 0 Å². The molecule has 0 unspecified atom stereocenters. The average molecular weight is 243 g/mol. The summed E-state index contributed by atoms with van der Waals surface area (Å²) in [5.41, 5.74) is 0.601. The fourth-order valence-electron chi connectivity index (χ4n) is 2.75. The van der Waals surface area contributed by atoms with E-state index in [0.717, 1.165) is 30.7 Å². The highest BCUT2D eigenvalue weighted by atomic mass is 15.3. The van der Waals surface area contributed by atoms with Crippen LogP contribution in [0.1, 0.15) is 32.9 Å². The zero-order valence-electron chi connectivity index (χ0n) is 11.4. The van der Waals surface area contributed by atoms with Crippen molar-refractivity contribution in [2.75, 3.05) is 18.0 Å². The fourth-order valence-corrected chi connectivity index (χ4v) is 2.75. The summed E-state index contributed by atoms with van der Waals surface area (Å²) in [5.74, 6) is 5.68. The predicted molar refractivity (Wildman–Crippen MR) is 74.3 cm³/mol. The Labute approximate surface area is 110 Å². The van der Waals surface area contributed by atoms with E-state index in [2.05, 4.69) is 41.8 Å². The van der Waals surface area contributed by atoms with Crippen LogP contribution >= 0.6 is 0 Å². The standard InChI is InChI=1S/C15H21N3/c1-5-13-6-7-15(17-16-13)18-9-8-12(4)14(10-18)11(2)3/h1,6-7,11-12,14H,8-10H2,2-4H3/t12-,14-/m1/s1. The molecule has 0 aliphatic carbocycles. The molecule has 0 saturated carbocycles. The van der Waals surface area contributed by atoms with E-state index in [-0.39, 0.29) is 0 Å². The molecular weight excluding hydrogens is 222 g/mol. The summed E-state index contributed by atoms with van der Waals surface area (Å²) in [4.78, 5) is 2.33. The van der Waals surface area contributed by atoms with Crippen LogP contribution in [0.5, 0.6) is 0 Å². The van der Waals surface area contributed by atoms with Crippen molar-refractivity contribution in [2.24, 2.45) is 17.8 Å². The smallest absolute Gasteiger partial charge is 0.151 e. The normalized spacial score (nSPS) is 24.1. The molecule has 1 aliphatic rings. The minimum Gasteiger partial charge on any atom is -0.355 e. The van der Waals surface area contributed by atoms with Crippen LogP contribution in [-0.2, 0) is 0 Å². The molecule has 18 heavy (non-hydrogen) atoms. The Morgan fingerprint density at radius 3 is 2.72 bits per heavy atom. The van der Waals surface area contributed by atoms with Gasteiger partial charge in [0.25, 0.3) is 0 Å². The van der Waals surface area contributed by atoms with Gasteiger partial charge in [-0.25, -0.2) is 0 Å². The Hall–Kier alpha value is -1.56. The lowest BCUT2D eigenvalue weighted by molar-refractivity contribution is 0.232. The lowest BCUT2D eigenvalue weighted by Crippen LogP contribution is -2.42. The second kappa shape index (κ2) is 5.39. The molecule has 2 atom stereocenters. The molecule has 1 aliphatic heterocycles. The van der Waals surface area contributed by atoms with Gasteiger partial charge in [0.1, 0.15) is 5.69 Å². The number of nitrogens with zero attached hydrogens (tertiary/aromatic N) is 3. The molecule has 1 aromatic rings. The topological polar surface area (TPSA) is 29.0 Å². The molecule has 1 aromatic heterocycles. The Morgan fingerprint density at radius 1 is 1.39 bits per heavy atom. The molecule has 3 heteroatoms.